The Morgan fingerprint density at radius 3 is 1.39 bits per heavy atom. The molecule has 1 aliphatic rings. The van der Waals surface area contributed by atoms with Crippen LogP contribution in [0, 0.1) is 0 Å². The molecule has 1 heterocycles. The second-order valence-corrected chi connectivity index (χ2v) is 17.2. The first-order chi connectivity index (χ1) is 32.4. The van der Waals surface area contributed by atoms with Gasteiger partial charge in [-0.2, -0.15) is 0 Å². The molecule has 4 N–H and O–H groups in total. The molecule has 6 atom stereocenters. The molecular weight excluding hydrogens is 829 g/mol. The summed E-state index contributed by atoms with van der Waals surface area (Å²) in [5, 5.41) is 40.3. The van der Waals surface area contributed by atoms with Crippen molar-refractivity contribution < 1.29 is 44.2 Å². The van der Waals surface area contributed by atoms with Gasteiger partial charge in [-0.05, 0) is 103 Å². The molecule has 0 aliphatic carbocycles. The Hall–Kier alpha value is -3.15. The predicted molar refractivity (Wildman–Crippen MR) is 274 cm³/mol. The number of carbonyl (C=O) groups is 1. The third-order valence-electron chi connectivity index (χ3n) is 11.2. The molecule has 6 unspecified atom stereocenters. The molecule has 376 valence electrons. The molecule has 0 radical (unpaired) electrons. The Bertz CT molecular complexity index is 1370. The van der Waals surface area contributed by atoms with Crippen molar-refractivity contribution >= 4 is 5.97 Å². The van der Waals surface area contributed by atoms with Gasteiger partial charge in [-0.1, -0.05) is 181 Å². The van der Waals surface area contributed by atoms with Crippen molar-refractivity contribution in [2.24, 2.45) is 0 Å². The number of unbranched alkanes of at least 4 members (excludes halogenated alkanes) is 14. The van der Waals surface area contributed by atoms with Crippen LogP contribution < -0.4 is 0 Å². The number of aliphatic hydroxyl groups excluding tert-OH is 4. The molecule has 0 amide bonds. The van der Waals surface area contributed by atoms with E-state index in [2.05, 4.69) is 123 Å². The predicted octanol–water partition coefficient (Wildman–Crippen LogP) is 12.9. The molecule has 0 spiro atoms. The lowest BCUT2D eigenvalue weighted by Crippen LogP contribution is -2.59. The van der Waals surface area contributed by atoms with E-state index in [1.54, 1.807) is 0 Å². The van der Waals surface area contributed by atoms with Crippen molar-refractivity contribution in [3.63, 3.8) is 0 Å². The number of ether oxygens (including phenoxy) is 4. The monoisotopic (exact) mass is 923 g/mol. The summed E-state index contributed by atoms with van der Waals surface area (Å²) in [6, 6.07) is 0. The summed E-state index contributed by atoms with van der Waals surface area (Å²) in [4.78, 5) is 12.8. The van der Waals surface area contributed by atoms with Gasteiger partial charge >= 0.3 is 5.97 Å². The molecule has 0 saturated carbocycles. The van der Waals surface area contributed by atoms with E-state index in [0.29, 0.717) is 13.0 Å². The van der Waals surface area contributed by atoms with Gasteiger partial charge in [-0.3, -0.25) is 4.79 Å². The average Bonchev–Trinajstić information content (AvgIpc) is 3.32. The number of allylic oxidation sites excluding steroid dienone is 18. The zero-order valence-electron chi connectivity index (χ0n) is 41.4. The summed E-state index contributed by atoms with van der Waals surface area (Å²) >= 11 is 0. The molecule has 0 aromatic rings. The number of hydrogen-bond donors (Lipinski definition) is 4. The zero-order valence-corrected chi connectivity index (χ0v) is 41.4. The lowest BCUT2D eigenvalue weighted by Gasteiger charge is -2.39. The standard InChI is InChI=1S/C57H94O9/c1-3-5-7-9-11-13-15-17-19-21-23-24-25-26-27-28-29-30-32-34-36-38-40-42-44-46-53(59)65-51(50-64-57-56(62)55(61)54(60)52(48-58)66-57)49-63-47-45-43-41-39-37-35-33-31-22-20-18-16-14-12-10-8-6-4-2/h5,7,11-14,17-20,23-24,26-27,29-30,34,36,51-52,54-58,60-62H,3-4,6,8-10,15-16,21-22,25,28,31-33,35,37-50H2,1-2H3/b7-5-,13-11-,14-12-,19-17-,20-18-,24-23-,27-26-,30-29-,36-34-. The summed E-state index contributed by atoms with van der Waals surface area (Å²) in [7, 11) is 0. The number of carbonyl (C=O) groups excluding carboxylic acids is 1. The minimum absolute atomic E-state index is 0.119. The van der Waals surface area contributed by atoms with Gasteiger partial charge in [-0.25, -0.2) is 0 Å². The Kier molecular flexibility index (Phi) is 43.3. The second-order valence-electron chi connectivity index (χ2n) is 17.2. The minimum atomic E-state index is -1.55. The van der Waals surface area contributed by atoms with Crippen LogP contribution >= 0.6 is 0 Å². The smallest absolute Gasteiger partial charge is 0.306 e. The highest BCUT2D eigenvalue weighted by molar-refractivity contribution is 5.69. The lowest BCUT2D eigenvalue weighted by molar-refractivity contribution is -0.305. The third kappa shape index (κ3) is 36.9. The maximum Gasteiger partial charge on any atom is 0.306 e. The summed E-state index contributed by atoms with van der Waals surface area (Å²) in [6.07, 6.45) is 59.7. The van der Waals surface area contributed by atoms with Crippen molar-refractivity contribution in [2.45, 2.75) is 218 Å². The lowest BCUT2D eigenvalue weighted by atomic mass is 9.99. The Morgan fingerprint density at radius 2 is 0.924 bits per heavy atom. The van der Waals surface area contributed by atoms with Gasteiger partial charge in [0.1, 0.15) is 30.5 Å². The van der Waals surface area contributed by atoms with Crippen LogP contribution in [-0.2, 0) is 23.7 Å². The van der Waals surface area contributed by atoms with E-state index in [0.717, 1.165) is 96.3 Å². The highest BCUT2D eigenvalue weighted by Crippen LogP contribution is 2.22. The molecule has 1 fully saturated rings. The van der Waals surface area contributed by atoms with Gasteiger partial charge in [0, 0.05) is 13.0 Å². The molecule has 0 aromatic heterocycles. The molecule has 1 aliphatic heterocycles. The number of rotatable bonds is 43. The van der Waals surface area contributed by atoms with E-state index in [4.69, 9.17) is 18.9 Å². The van der Waals surface area contributed by atoms with Crippen molar-refractivity contribution in [3.05, 3.63) is 109 Å². The fraction of sp³-hybridized carbons (Fsp3) is 0.667. The third-order valence-corrected chi connectivity index (χ3v) is 11.2. The first-order valence-corrected chi connectivity index (χ1v) is 26.0. The van der Waals surface area contributed by atoms with Crippen LogP contribution in [0.25, 0.3) is 0 Å². The molecule has 0 aromatic carbocycles. The van der Waals surface area contributed by atoms with E-state index in [1.807, 2.05) is 0 Å². The van der Waals surface area contributed by atoms with Crippen LogP contribution in [0.5, 0.6) is 0 Å². The Balaban J connectivity index is 2.26. The molecular formula is C57H94O9. The molecule has 9 nitrogen and oxygen atoms in total. The largest absolute Gasteiger partial charge is 0.457 e. The Labute approximate surface area is 402 Å². The van der Waals surface area contributed by atoms with Gasteiger partial charge in [0.25, 0.3) is 0 Å². The van der Waals surface area contributed by atoms with Gasteiger partial charge in [0.05, 0.1) is 19.8 Å². The zero-order chi connectivity index (χ0) is 47.8. The molecule has 66 heavy (non-hydrogen) atoms. The van der Waals surface area contributed by atoms with E-state index < -0.39 is 43.4 Å². The van der Waals surface area contributed by atoms with Gasteiger partial charge < -0.3 is 39.4 Å². The van der Waals surface area contributed by atoms with E-state index in [-0.39, 0.29) is 25.6 Å². The van der Waals surface area contributed by atoms with E-state index >= 15 is 0 Å². The number of aliphatic hydroxyl groups is 4. The van der Waals surface area contributed by atoms with Crippen molar-refractivity contribution in [2.75, 3.05) is 26.4 Å². The normalized spacial score (nSPS) is 20.2. The summed E-state index contributed by atoms with van der Waals surface area (Å²) < 4.78 is 22.9. The van der Waals surface area contributed by atoms with Crippen LogP contribution in [-0.4, -0.2) is 89.6 Å². The highest BCUT2D eigenvalue weighted by Gasteiger charge is 2.44. The van der Waals surface area contributed by atoms with Crippen LogP contribution in [0.4, 0.5) is 0 Å². The minimum Gasteiger partial charge on any atom is -0.457 e. The maximum absolute atomic E-state index is 12.8. The summed E-state index contributed by atoms with van der Waals surface area (Å²) in [5.41, 5.74) is 0. The van der Waals surface area contributed by atoms with Crippen LogP contribution in [0.3, 0.4) is 0 Å². The maximum atomic E-state index is 12.8. The van der Waals surface area contributed by atoms with Gasteiger partial charge in [-0.15, -0.1) is 0 Å². The van der Waals surface area contributed by atoms with Crippen LogP contribution in [0.2, 0.25) is 0 Å². The van der Waals surface area contributed by atoms with Crippen molar-refractivity contribution in [3.8, 4) is 0 Å². The number of esters is 1. The number of hydrogen-bond acceptors (Lipinski definition) is 9. The molecule has 1 rings (SSSR count). The molecule has 9 heteroatoms. The fourth-order valence-corrected chi connectivity index (χ4v) is 7.15. The molecule has 0 bridgehead atoms. The fourth-order valence-electron chi connectivity index (χ4n) is 7.15. The second kappa shape index (κ2) is 46.9. The highest BCUT2D eigenvalue weighted by atomic mass is 16.7. The van der Waals surface area contributed by atoms with Crippen LogP contribution in [0.1, 0.15) is 181 Å². The average molecular weight is 923 g/mol. The van der Waals surface area contributed by atoms with E-state index in [9.17, 15) is 25.2 Å². The molecule has 1 saturated heterocycles. The SMILES string of the molecule is CC/C=C\C/C=C\C/C=C\C/C=C\C/C=C\C/C=C\C/C=C\CCCCCC(=O)OC(COCCCCCCCCCC/C=C\C/C=C\CCCCC)COC1OC(CO)C(O)C(O)C1O. The quantitative estimate of drug-likeness (QED) is 0.0268. The van der Waals surface area contributed by atoms with E-state index in [1.165, 1.54) is 57.8 Å². The van der Waals surface area contributed by atoms with Gasteiger partial charge in [0.15, 0.2) is 6.29 Å². The first kappa shape index (κ1) is 60.9. The van der Waals surface area contributed by atoms with Crippen LogP contribution in [0.15, 0.2) is 109 Å². The first-order valence-electron chi connectivity index (χ1n) is 26.0. The van der Waals surface area contributed by atoms with Gasteiger partial charge in [0.2, 0.25) is 0 Å². The summed E-state index contributed by atoms with van der Waals surface area (Å²) in [6.45, 7) is 4.35. The van der Waals surface area contributed by atoms with Crippen molar-refractivity contribution in [1.82, 2.24) is 0 Å². The van der Waals surface area contributed by atoms with Crippen molar-refractivity contribution in [1.29, 1.82) is 0 Å². The topological polar surface area (TPSA) is 135 Å². The summed E-state index contributed by atoms with van der Waals surface area (Å²) in [5.74, 6) is -0.351. The Morgan fingerprint density at radius 1 is 0.500 bits per heavy atom.